The Labute approximate surface area is 173 Å². The Hall–Kier alpha value is -2.02. The number of nitrogens with zero attached hydrogens (tertiary/aromatic N) is 1. The van der Waals surface area contributed by atoms with Gasteiger partial charge in [-0.25, -0.2) is 0 Å². The van der Waals surface area contributed by atoms with Gasteiger partial charge >= 0.3 is 5.97 Å². The summed E-state index contributed by atoms with van der Waals surface area (Å²) in [4.78, 5) is 16.7. The molecular formula is C22H35N3O4. The van der Waals surface area contributed by atoms with Crippen LogP contribution in [-0.2, 0) is 20.7 Å². The molecule has 1 aromatic rings. The monoisotopic (exact) mass is 405 g/mol. The minimum atomic E-state index is -0.0501. The van der Waals surface area contributed by atoms with Crippen LogP contribution in [0.3, 0.4) is 0 Å². The fourth-order valence-corrected chi connectivity index (χ4v) is 3.98. The van der Waals surface area contributed by atoms with E-state index in [1.54, 1.807) is 6.26 Å². The third-order valence-corrected chi connectivity index (χ3v) is 5.66. The highest BCUT2D eigenvalue weighted by molar-refractivity contribution is 5.80. The molecule has 1 saturated heterocycles. The SMILES string of the molecule is CCOC(=O)C1CCC(NC(=NCC2CCCCO2)NCCc2ccco2)CC1. The maximum absolute atomic E-state index is 12.0. The molecule has 7 nitrogen and oxygen atoms in total. The van der Waals surface area contributed by atoms with Gasteiger partial charge in [0, 0.05) is 25.6 Å². The lowest BCUT2D eigenvalue weighted by atomic mass is 9.86. The number of esters is 1. The molecule has 1 aliphatic carbocycles. The molecule has 29 heavy (non-hydrogen) atoms. The summed E-state index contributed by atoms with van der Waals surface area (Å²) in [5.41, 5.74) is 0. The molecule has 1 atom stereocenters. The highest BCUT2D eigenvalue weighted by Crippen LogP contribution is 2.25. The van der Waals surface area contributed by atoms with Crippen molar-refractivity contribution < 1.29 is 18.7 Å². The Bertz CT molecular complexity index is 618. The Morgan fingerprint density at radius 2 is 2.10 bits per heavy atom. The number of furan rings is 1. The molecule has 2 N–H and O–H groups in total. The van der Waals surface area contributed by atoms with Gasteiger partial charge in [0.1, 0.15) is 5.76 Å². The van der Waals surface area contributed by atoms with Crippen molar-refractivity contribution in [1.29, 1.82) is 0 Å². The molecule has 2 heterocycles. The molecule has 1 aromatic heterocycles. The van der Waals surface area contributed by atoms with E-state index in [2.05, 4.69) is 10.6 Å². The summed E-state index contributed by atoms with van der Waals surface area (Å²) in [7, 11) is 0. The summed E-state index contributed by atoms with van der Waals surface area (Å²) in [6.45, 7) is 4.58. The average Bonchev–Trinajstić information content (AvgIpc) is 3.27. The van der Waals surface area contributed by atoms with E-state index in [4.69, 9.17) is 18.9 Å². The topological polar surface area (TPSA) is 85.1 Å². The summed E-state index contributed by atoms with van der Waals surface area (Å²) < 4.78 is 16.4. The molecule has 2 fully saturated rings. The summed E-state index contributed by atoms with van der Waals surface area (Å²) in [6, 6.07) is 4.21. The van der Waals surface area contributed by atoms with Gasteiger partial charge in [-0.05, 0) is 64.0 Å². The number of carbonyl (C=O) groups is 1. The summed E-state index contributed by atoms with van der Waals surface area (Å²) in [5.74, 6) is 1.77. The number of rotatable bonds is 8. The summed E-state index contributed by atoms with van der Waals surface area (Å²) >= 11 is 0. The van der Waals surface area contributed by atoms with Gasteiger partial charge in [0.15, 0.2) is 5.96 Å². The van der Waals surface area contributed by atoms with Crippen LogP contribution in [0.1, 0.15) is 57.6 Å². The van der Waals surface area contributed by atoms with E-state index in [0.717, 1.165) is 69.8 Å². The number of hydrogen-bond acceptors (Lipinski definition) is 5. The van der Waals surface area contributed by atoms with E-state index < -0.39 is 0 Å². The molecule has 1 unspecified atom stereocenters. The van der Waals surface area contributed by atoms with Gasteiger partial charge in [0.05, 0.1) is 31.4 Å². The van der Waals surface area contributed by atoms with Crippen molar-refractivity contribution in [2.45, 2.75) is 70.4 Å². The van der Waals surface area contributed by atoms with Crippen LogP contribution in [0.15, 0.2) is 27.8 Å². The lowest BCUT2D eigenvalue weighted by molar-refractivity contribution is -0.149. The quantitative estimate of drug-likeness (QED) is 0.393. The zero-order valence-corrected chi connectivity index (χ0v) is 17.5. The van der Waals surface area contributed by atoms with Crippen LogP contribution in [-0.4, -0.2) is 50.4 Å². The third kappa shape index (κ3) is 7.38. The van der Waals surface area contributed by atoms with Crippen molar-refractivity contribution in [2.24, 2.45) is 10.9 Å². The average molecular weight is 406 g/mol. The number of hydrogen-bond donors (Lipinski definition) is 2. The second-order valence-corrected chi connectivity index (χ2v) is 7.88. The van der Waals surface area contributed by atoms with Gasteiger partial charge in [-0.3, -0.25) is 9.79 Å². The van der Waals surface area contributed by atoms with Crippen molar-refractivity contribution in [3.05, 3.63) is 24.2 Å². The van der Waals surface area contributed by atoms with Crippen LogP contribution >= 0.6 is 0 Å². The molecule has 0 amide bonds. The zero-order chi connectivity index (χ0) is 20.3. The molecule has 0 aromatic carbocycles. The van der Waals surface area contributed by atoms with Crippen LogP contribution in [0.25, 0.3) is 0 Å². The van der Waals surface area contributed by atoms with Crippen LogP contribution in [0.5, 0.6) is 0 Å². The smallest absolute Gasteiger partial charge is 0.308 e. The van der Waals surface area contributed by atoms with Gasteiger partial charge in [0.25, 0.3) is 0 Å². The number of guanidine groups is 1. The lowest BCUT2D eigenvalue weighted by Crippen LogP contribution is -2.46. The molecule has 0 spiro atoms. The van der Waals surface area contributed by atoms with Crippen LogP contribution in [0, 0.1) is 5.92 Å². The standard InChI is InChI=1S/C22H35N3O4/c1-2-27-21(26)17-8-10-18(11-9-17)25-22(23-13-12-19-7-5-15-28-19)24-16-20-6-3-4-14-29-20/h5,7,15,17-18,20H,2-4,6,8-14,16H2,1H3,(H2,23,24,25). The van der Waals surface area contributed by atoms with E-state index in [1.807, 2.05) is 19.1 Å². The van der Waals surface area contributed by atoms with Gasteiger partial charge in [-0.15, -0.1) is 0 Å². The maximum Gasteiger partial charge on any atom is 0.308 e. The fourth-order valence-electron chi connectivity index (χ4n) is 3.98. The van der Waals surface area contributed by atoms with Crippen molar-refractivity contribution in [3.63, 3.8) is 0 Å². The van der Waals surface area contributed by atoms with E-state index in [1.165, 1.54) is 6.42 Å². The Balaban J connectivity index is 1.49. The van der Waals surface area contributed by atoms with E-state index >= 15 is 0 Å². The molecule has 0 radical (unpaired) electrons. The van der Waals surface area contributed by atoms with Gasteiger partial charge in [-0.2, -0.15) is 0 Å². The molecule has 1 saturated carbocycles. The van der Waals surface area contributed by atoms with Gasteiger partial charge in [-0.1, -0.05) is 0 Å². The highest BCUT2D eigenvalue weighted by atomic mass is 16.5. The second kappa shape index (κ2) is 11.9. The van der Waals surface area contributed by atoms with E-state index in [-0.39, 0.29) is 18.0 Å². The predicted octanol–water partition coefficient (Wildman–Crippen LogP) is 3.05. The third-order valence-electron chi connectivity index (χ3n) is 5.66. The van der Waals surface area contributed by atoms with Crippen LogP contribution < -0.4 is 10.6 Å². The van der Waals surface area contributed by atoms with Crippen molar-refractivity contribution >= 4 is 11.9 Å². The minimum absolute atomic E-state index is 0.0379. The number of aliphatic imine (C=N–C) groups is 1. The van der Waals surface area contributed by atoms with Gasteiger partial charge in [0.2, 0.25) is 0 Å². The molecular weight excluding hydrogens is 370 g/mol. The van der Waals surface area contributed by atoms with Crippen LogP contribution in [0.2, 0.25) is 0 Å². The molecule has 162 valence electrons. The first kappa shape index (κ1) is 21.7. The first-order valence-electron chi connectivity index (χ1n) is 11.1. The number of nitrogens with one attached hydrogen (secondary N) is 2. The Kier molecular flexibility index (Phi) is 8.86. The van der Waals surface area contributed by atoms with E-state index in [9.17, 15) is 4.79 Å². The molecule has 0 bridgehead atoms. The van der Waals surface area contributed by atoms with Crippen molar-refractivity contribution in [1.82, 2.24) is 10.6 Å². The highest BCUT2D eigenvalue weighted by Gasteiger charge is 2.27. The van der Waals surface area contributed by atoms with Crippen LogP contribution in [0.4, 0.5) is 0 Å². The maximum atomic E-state index is 12.0. The first-order chi connectivity index (χ1) is 14.2. The van der Waals surface area contributed by atoms with E-state index in [0.29, 0.717) is 19.2 Å². The summed E-state index contributed by atoms with van der Waals surface area (Å²) in [6.07, 6.45) is 9.78. The Morgan fingerprint density at radius 1 is 1.24 bits per heavy atom. The zero-order valence-electron chi connectivity index (χ0n) is 17.5. The molecule has 1 aliphatic heterocycles. The normalized spacial score (nSPS) is 25.4. The second-order valence-electron chi connectivity index (χ2n) is 7.88. The predicted molar refractivity (Wildman–Crippen MR) is 112 cm³/mol. The first-order valence-corrected chi connectivity index (χ1v) is 11.1. The molecule has 3 rings (SSSR count). The van der Waals surface area contributed by atoms with Crippen molar-refractivity contribution in [2.75, 3.05) is 26.3 Å². The molecule has 2 aliphatic rings. The number of ether oxygens (including phenoxy) is 2. The largest absolute Gasteiger partial charge is 0.469 e. The van der Waals surface area contributed by atoms with Crippen molar-refractivity contribution in [3.8, 4) is 0 Å². The minimum Gasteiger partial charge on any atom is -0.469 e. The summed E-state index contributed by atoms with van der Waals surface area (Å²) in [5, 5.41) is 7.00. The Morgan fingerprint density at radius 3 is 2.79 bits per heavy atom. The number of carbonyl (C=O) groups excluding carboxylic acids is 1. The lowest BCUT2D eigenvalue weighted by Gasteiger charge is -2.29. The molecule has 7 heteroatoms. The van der Waals surface area contributed by atoms with Gasteiger partial charge < -0.3 is 24.5 Å². The fraction of sp³-hybridized carbons (Fsp3) is 0.727.